The number of rotatable bonds is 2. The Morgan fingerprint density at radius 2 is 1.83 bits per heavy atom. The largest absolute Gasteiger partial charge is 0.465 e. The number of nitrogens with one attached hydrogen (secondary N) is 1. The second-order valence-corrected chi connectivity index (χ2v) is 7.30. The van der Waals surface area contributed by atoms with Crippen molar-refractivity contribution in [3.63, 3.8) is 0 Å². The van der Waals surface area contributed by atoms with E-state index in [9.17, 15) is 9.59 Å². The summed E-state index contributed by atoms with van der Waals surface area (Å²) in [5.41, 5.74) is 3.39. The van der Waals surface area contributed by atoms with Crippen molar-refractivity contribution >= 4 is 59.7 Å². The van der Waals surface area contributed by atoms with E-state index in [0.717, 1.165) is 25.6 Å². The number of hydrogen-bond donors (Lipinski definition) is 1. The van der Waals surface area contributed by atoms with Crippen molar-refractivity contribution in [1.29, 1.82) is 0 Å². The number of benzene rings is 2. The standard InChI is InChI=1S/C9H8Br2O2.C8H6BrNO/c1-13-9(12)8-3-2-7(11)4-6(8)5-10;9-6-1-2-7-5(3-6)4-10-8(7)11/h2-4H,5H2,1H3;1-3H,4H2,(H,10,11). The molecule has 1 aliphatic heterocycles. The molecule has 1 heterocycles. The van der Waals surface area contributed by atoms with Crippen molar-refractivity contribution in [2.75, 3.05) is 7.11 Å². The number of fused-ring (bicyclic) bond motifs is 1. The van der Waals surface area contributed by atoms with E-state index in [-0.39, 0.29) is 11.9 Å². The number of halogens is 3. The van der Waals surface area contributed by atoms with Crippen molar-refractivity contribution < 1.29 is 14.3 Å². The zero-order valence-corrected chi connectivity index (χ0v) is 17.5. The molecule has 2 aromatic carbocycles. The maximum Gasteiger partial charge on any atom is 0.338 e. The van der Waals surface area contributed by atoms with Gasteiger partial charge in [0.05, 0.1) is 12.7 Å². The van der Waals surface area contributed by atoms with Gasteiger partial charge in [-0.15, -0.1) is 0 Å². The SMILES string of the molecule is COC(=O)c1ccc(Br)cc1CBr.O=C1NCc2cc(Br)ccc21. The number of ether oxygens (including phenoxy) is 1. The second kappa shape index (κ2) is 8.78. The van der Waals surface area contributed by atoms with Gasteiger partial charge in [0.2, 0.25) is 0 Å². The van der Waals surface area contributed by atoms with E-state index in [4.69, 9.17) is 0 Å². The van der Waals surface area contributed by atoms with Crippen LogP contribution in [0.3, 0.4) is 0 Å². The number of carbonyl (C=O) groups excluding carboxylic acids is 2. The zero-order valence-electron chi connectivity index (χ0n) is 12.7. The van der Waals surface area contributed by atoms with Gasteiger partial charge in [0.1, 0.15) is 0 Å². The molecule has 0 unspecified atom stereocenters. The lowest BCUT2D eigenvalue weighted by Gasteiger charge is -2.04. The Balaban J connectivity index is 0.000000175. The van der Waals surface area contributed by atoms with Gasteiger partial charge in [0, 0.05) is 26.4 Å². The molecule has 0 atom stereocenters. The Morgan fingerprint density at radius 1 is 1.17 bits per heavy atom. The predicted molar refractivity (Wildman–Crippen MR) is 103 cm³/mol. The first-order valence-electron chi connectivity index (χ1n) is 6.95. The fraction of sp³-hybridized carbons (Fsp3) is 0.176. The summed E-state index contributed by atoms with van der Waals surface area (Å²) in [6.45, 7) is 0.660. The van der Waals surface area contributed by atoms with Gasteiger partial charge in [-0.1, -0.05) is 47.8 Å². The van der Waals surface area contributed by atoms with Gasteiger partial charge in [-0.25, -0.2) is 4.79 Å². The number of hydrogen-bond acceptors (Lipinski definition) is 3. The van der Waals surface area contributed by atoms with Gasteiger partial charge in [-0.2, -0.15) is 0 Å². The average molecular weight is 520 g/mol. The van der Waals surface area contributed by atoms with E-state index in [1.807, 2.05) is 30.3 Å². The van der Waals surface area contributed by atoms with Crippen LogP contribution in [-0.4, -0.2) is 19.0 Å². The van der Waals surface area contributed by atoms with Crippen LogP contribution in [0.4, 0.5) is 0 Å². The quantitative estimate of drug-likeness (QED) is 0.457. The van der Waals surface area contributed by atoms with Gasteiger partial charge in [-0.05, 0) is 47.5 Å². The molecule has 1 N–H and O–H groups in total. The van der Waals surface area contributed by atoms with Gasteiger partial charge >= 0.3 is 5.97 Å². The third-order valence-electron chi connectivity index (χ3n) is 3.37. The molecule has 1 amide bonds. The van der Waals surface area contributed by atoms with Crippen molar-refractivity contribution in [2.24, 2.45) is 0 Å². The summed E-state index contributed by atoms with van der Waals surface area (Å²) < 4.78 is 6.62. The van der Waals surface area contributed by atoms with Crippen molar-refractivity contribution in [3.8, 4) is 0 Å². The molecule has 7 heteroatoms. The van der Waals surface area contributed by atoms with Crippen LogP contribution in [0.15, 0.2) is 45.3 Å². The first kappa shape index (κ1) is 19.1. The van der Waals surface area contributed by atoms with Crippen LogP contribution >= 0.6 is 47.8 Å². The minimum Gasteiger partial charge on any atom is -0.465 e. The van der Waals surface area contributed by atoms with Crippen LogP contribution in [0, 0.1) is 0 Å². The first-order chi connectivity index (χ1) is 11.5. The van der Waals surface area contributed by atoms with E-state index >= 15 is 0 Å². The number of carbonyl (C=O) groups is 2. The summed E-state index contributed by atoms with van der Waals surface area (Å²) in [6.07, 6.45) is 0. The molecule has 1 aliphatic rings. The Bertz CT molecular complexity index is 778. The molecule has 3 rings (SSSR count). The molecule has 126 valence electrons. The monoisotopic (exact) mass is 517 g/mol. The Labute approximate surface area is 165 Å². The predicted octanol–water partition coefficient (Wildman–Crippen LogP) is 4.82. The van der Waals surface area contributed by atoms with Crippen LogP contribution in [0.1, 0.15) is 31.8 Å². The van der Waals surface area contributed by atoms with Crippen LogP contribution in [0.5, 0.6) is 0 Å². The third kappa shape index (κ3) is 4.68. The molecular weight excluding hydrogens is 506 g/mol. The lowest BCUT2D eigenvalue weighted by molar-refractivity contribution is 0.0599. The summed E-state index contributed by atoms with van der Waals surface area (Å²) in [6, 6.07) is 11.1. The average Bonchev–Trinajstić information content (AvgIpc) is 2.95. The van der Waals surface area contributed by atoms with Crippen LogP contribution in [-0.2, 0) is 16.6 Å². The molecule has 0 aliphatic carbocycles. The highest BCUT2D eigenvalue weighted by Crippen LogP contribution is 2.20. The summed E-state index contributed by atoms with van der Waals surface area (Å²) in [5, 5.41) is 3.39. The Morgan fingerprint density at radius 3 is 2.50 bits per heavy atom. The number of amides is 1. The van der Waals surface area contributed by atoms with E-state index < -0.39 is 0 Å². The molecule has 0 bridgehead atoms. The summed E-state index contributed by atoms with van der Waals surface area (Å²) in [4.78, 5) is 22.3. The number of alkyl halides is 1. The number of methoxy groups -OCH3 is 1. The summed E-state index contributed by atoms with van der Waals surface area (Å²) in [5.74, 6) is -0.269. The smallest absolute Gasteiger partial charge is 0.338 e. The summed E-state index contributed by atoms with van der Waals surface area (Å²) in [7, 11) is 1.38. The normalized spacial score (nSPS) is 11.9. The van der Waals surface area contributed by atoms with Gasteiger partial charge in [0.25, 0.3) is 5.91 Å². The van der Waals surface area contributed by atoms with Gasteiger partial charge < -0.3 is 10.1 Å². The molecule has 0 fully saturated rings. The second-order valence-electron chi connectivity index (χ2n) is 4.91. The fourth-order valence-electron chi connectivity index (χ4n) is 2.18. The Kier molecular flexibility index (Phi) is 7.01. The van der Waals surface area contributed by atoms with Crippen LogP contribution < -0.4 is 5.32 Å². The topological polar surface area (TPSA) is 55.4 Å². The lowest BCUT2D eigenvalue weighted by atomic mass is 10.1. The molecule has 0 spiro atoms. The van der Waals surface area contributed by atoms with E-state index in [2.05, 4.69) is 57.8 Å². The molecule has 2 aromatic rings. The molecule has 24 heavy (non-hydrogen) atoms. The molecule has 0 radical (unpaired) electrons. The van der Waals surface area contributed by atoms with Crippen LogP contribution in [0.2, 0.25) is 0 Å². The van der Waals surface area contributed by atoms with Crippen molar-refractivity contribution in [3.05, 3.63) is 67.6 Å². The molecule has 0 saturated heterocycles. The van der Waals surface area contributed by atoms with Crippen molar-refractivity contribution in [1.82, 2.24) is 5.32 Å². The highest BCUT2D eigenvalue weighted by Gasteiger charge is 2.17. The first-order valence-corrected chi connectivity index (χ1v) is 9.66. The molecule has 0 saturated carbocycles. The highest BCUT2D eigenvalue weighted by atomic mass is 79.9. The van der Waals surface area contributed by atoms with Crippen molar-refractivity contribution in [2.45, 2.75) is 11.9 Å². The minimum absolute atomic E-state index is 0.0347. The van der Waals surface area contributed by atoms with Gasteiger partial charge in [0.15, 0.2) is 0 Å². The molecular formula is C17H14Br3NO3. The zero-order chi connectivity index (χ0) is 17.7. The highest BCUT2D eigenvalue weighted by molar-refractivity contribution is 9.10. The summed E-state index contributed by atoms with van der Waals surface area (Å²) >= 11 is 9.99. The fourth-order valence-corrected chi connectivity index (χ4v) is 3.46. The maximum absolute atomic E-state index is 11.2. The van der Waals surface area contributed by atoms with E-state index in [1.165, 1.54) is 7.11 Å². The van der Waals surface area contributed by atoms with E-state index in [1.54, 1.807) is 6.07 Å². The number of esters is 1. The lowest BCUT2D eigenvalue weighted by Crippen LogP contribution is -2.12. The Hall–Kier alpha value is -1.18. The van der Waals surface area contributed by atoms with E-state index in [0.29, 0.717) is 17.4 Å². The minimum atomic E-state index is -0.304. The van der Waals surface area contributed by atoms with Crippen LogP contribution in [0.25, 0.3) is 0 Å². The molecule has 0 aromatic heterocycles. The van der Waals surface area contributed by atoms with Gasteiger partial charge in [-0.3, -0.25) is 4.79 Å². The third-order valence-corrected chi connectivity index (χ3v) is 4.96. The molecule has 4 nitrogen and oxygen atoms in total. The maximum atomic E-state index is 11.2.